The first-order chi connectivity index (χ1) is 10.8. The van der Waals surface area contributed by atoms with Crippen molar-refractivity contribution in [2.24, 2.45) is 11.1 Å². The van der Waals surface area contributed by atoms with Crippen LogP contribution in [0, 0.1) is 5.41 Å². The van der Waals surface area contributed by atoms with Gasteiger partial charge in [-0.25, -0.2) is 18.4 Å². The lowest BCUT2D eigenvalue weighted by atomic mass is 9.95. The Morgan fingerprint density at radius 3 is 2.17 bits per heavy atom. The van der Waals surface area contributed by atoms with Gasteiger partial charge in [0.05, 0.1) is 5.41 Å². The number of carbonyl (C=O) groups is 3. The van der Waals surface area contributed by atoms with E-state index in [0.29, 0.717) is 0 Å². The minimum atomic E-state index is -3.24. The number of carboxylic acids is 1. The zero-order chi connectivity index (χ0) is 19.1. The van der Waals surface area contributed by atoms with Crippen molar-refractivity contribution in [1.29, 1.82) is 0 Å². The van der Waals surface area contributed by atoms with E-state index in [1.54, 1.807) is 20.8 Å². The Labute approximate surface area is 138 Å². The highest BCUT2D eigenvalue weighted by molar-refractivity contribution is 5.79. The monoisotopic (exact) mass is 354 g/mol. The van der Waals surface area contributed by atoms with Crippen molar-refractivity contribution in [3.05, 3.63) is 0 Å². The number of alkyl carbamates (subject to hydrolysis) is 1. The fourth-order valence-corrected chi connectivity index (χ4v) is 1.42. The Morgan fingerprint density at radius 1 is 1.21 bits per heavy atom. The van der Waals surface area contributed by atoms with Gasteiger partial charge in [-0.15, -0.1) is 0 Å². The smallest absolute Gasteiger partial charge is 0.410 e. The van der Waals surface area contributed by atoms with Crippen LogP contribution in [0.4, 0.5) is 13.6 Å². The lowest BCUT2D eigenvalue weighted by molar-refractivity contribution is -0.174. The molecule has 24 heavy (non-hydrogen) atoms. The number of nitrogens with two attached hydrogens (primary N) is 1. The summed E-state index contributed by atoms with van der Waals surface area (Å²) >= 11 is 0. The number of rotatable bonds is 8. The van der Waals surface area contributed by atoms with Crippen LogP contribution in [0.2, 0.25) is 0 Å². The molecule has 0 aliphatic heterocycles. The highest BCUT2D eigenvalue weighted by Crippen LogP contribution is 2.19. The number of hydrogen-bond donors (Lipinski definition) is 3. The average molecular weight is 354 g/mol. The Morgan fingerprint density at radius 2 is 1.75 bits per heavy atom. The molecule has 1 amide bonds. The Kier molecular flexibility index (Phi) is 8.04. The number of amides is 1. The maximum atomic E-state index is 12.6. The fraction of sp³-hybridized carbons (Fsp3) is 0.786. The van der Waals surface area contributed by atoms with Crippen LogP contribution >= 0.6 is 0 Å². The third-order valence-electron chi connectivity index (χ3n) is 2.98. The molecule has 0 bridgehead atoms. The molecule has 10 heteroatoms. The van der Waals surface area contributed by atoms with E-state index in [-0.39, 0.29) is 13.0 Å². The summed E-state index contributed by atoms with van der Waals surface area (Å²) in [6, 6.07) is 0. The first-order valence-corrected chi connectivity index (χ1v) is 7.26. The Balaban J connectivity index is 4.19. The van der Waals surface area contributed by atoms with E-state index < -0.39 is 48.1 Å². The molecule has 140 valence electrons. The van der Waals surface area contributed by atoms with Gasteiger partial charge in [-0.3, -0.25) is 4.79 Å². The standard InChI is InChI=1S/C14H24F2N2O6/c1-8(23-11(21)13(2,3)4)24-12(22)18-7-5-6-14(17,9(15)16)10(19)20/h8-9H,5-7,17H2,1-4H3,(H,18,22)(H,19,20). The second-order valence-electron chi connectivity index (χ2n) is 6.30. The van der Waals surface area contributed by atoms with Gasteiger partial charge in [0.25, 0.3) is 6.43 Å². The fourth-order valence-electron chi connectivity index (χ4n) is 1.42. The molecule has 0 radical (unpaired) electrons. The van der Waals surface area contributed by atoms with E-state index in [2.05, 4.69) is 5.32 Å². The summed E-state index contributed by atoms with van der Waals surface area (Å²) in [5, 5.41) is 10.9. The molecule has 2 atom stereocenters. The number of hydrogen-bond acceptors (Lipinski definition) is 6. The van der Waals surface area contributed by atoms with Crippen molar-refractivity contribution >= 4 is 18.0 Å². The molecule has 0 aromatic rings. The topological polar surface area (TPSA) is 128 Å². The number of esters is 1. The van der Waals surface area contributed by atoms with Crippen LogP contribution in [0.5, 0.6) is 0 Å². The van der Waals surface area contributed by atoms with E-state index in [1.165, 1.54) is 6.92 Å². The zero-order valence-electron chi connectivity index (χ0n) is 14.1. The summed E-state index contributed by atoms with van der Waals surface area (Å²) in [6.07, 6.45) is -5.93. The van der Waals surface area contributed by atoms with Gasteiger partial charge in [0.15, 0.2) is 5.54 Å². The van der Waals surface area contributed by atoms with Crippen LogP contribution in [0.1, 0.15) is 40.5 Å². The Bertz CT molecular complexity index is 467. The molecule has 4 N–H and O–H groups in total. The summed E-state index contributed by atoms with van der Waals surface area (Å²) in [5.74, 6) is -2.38. The number of nitrogens with one attached hydrogen (secondary N) is 1. The van der Waals surface area contributed by atoms with Crippen molar-refractivity contribution in [2.75, 3.05) is 6.54 Å². The highest BCUT2D eigenvalue weighted by atomic mass is 19.3. The lowest BCUT2D eigenvalue weighted by Gasteiger charge is -2.23. The first kappa shape index (κ1) is 22.0. The number of ether oxygens (including phenoxy) is 2. The van der Waals surface area contributed by atoms with Crippen LogP contribution in [0.25, 0.3) is 0 Å². The zero-order valence-corrected chi connectivity index (χ0v) is 14.1. The SMILES string of the molecule is CC(OC(=O)NCCCC(N)(C(=O)O)C(F)F)OC(=O)C(C)(C)C. The molecule has 2 unspecified atom stereocenters. The molecule has 0 spiro atoms. The summed E-state index contributed by atoms with van der Waals surface area (Å²) < 4.78 is 34.9. The lowest BCUT2D eigenvalue weighted by Crippen LogP contribution is -2.54. The van der Waals surface area contributed by atoms with Gasteiger partial charge < -0.3 is 25.6 Å². The van der Waals surface area contributed by atoms with E-state index in [4.69, 9.17) is 20.3 Å². The molecular formula is C14H24F2N2O6. The third-order valence-corrected chi connectivity index (χ3v) is 2.98. The van der Waals surface area contributed by atoms with Gasteiger partial charge in [0.1, 0.15) is 0 Å². The number of halogens is 2. The largest absolute Gasteiger partial charge is 0.480 e. The quantitative estimate of drug-likeness (QED) is 0.342. The minimum Gasteiger partial charge on any atom is -0.480 e. The number of alkyl halides is 2. The second-order valence-corrected chi connectivity index (χ2v) is 6.30. The number of carboxylic acid groups (broad SMARTS) is 1. The molecule has 0 rings (SSSR count). The van der Waals surface area contributed by atoms with E-state index in [9.17, 15) is 23.2 Å². The molecule has 0 aliphatic rings. The average Bonchev–Trinajstić information content (AvgIpc) is 2.41. The van der Waals surface area contributed by atoms with Gasteiger partial charge >= 0.3 is 18.0 Å². The first-order valence-electron chi connectivity index (χ1n) is 7.26. The molecule has 8 nitrogen and oxygen atoms in total. The maximum Gasteiger partial charge on any atom is 0.410 e. The maximum absolute atomic E-state index is 12.6. The molecule has 0 saturated carbocycles. The normalized spacial score (nSPS) is 15.3. The summed E-state index contributed by atoms with van der Waals surface area (Å²) in [5.41, 5.74) is 1.70. The molecular weight excluding hydrogens is 330 g/mol. The minimum absolute atomic E-state index is 0.0988. The third kappa shape index (κ3) is 7.07. The van der Waals surface area contributed by atoms with E-state index >= 15 is 0 Å². The Hall–Kier alpha value is -1.97. The van der Waals surface area contributed by atoms with Gasteiger partial charge in [-0.2, -0.15) is 0 Å². The molecule has 0 fully saturated rings. The predicted molar refractivity (Wildman–Crippen MR) is 79.3 cm³/mol. The van der Waals surface area contributed by atoms with Crippen LogP contribution in [0.3, 0.4) is 0 Å². The predicted octanol–water partition coefficient (Wildman–Crippen LogP) is 1.48. The summed E-state index contributed by atoms with van der Waals surface area (Å²) in [7, 11) is 0. The number of aliphatic carboxylic acids is 1. The highest BCUT2D eigenvalue weighted by Gasteiger charge is 2.43. The van der Waals surface area contributed by atoms with Gasteiger partial charge in [-0.1, -0.05) is 0 Å². The van der Waals surface area contributed by atoms with Crippen molar-refractivity contribution in [2.45, 2.75) is 58.8 Å². The molecule has 0 aromatic carbocycles. The molecule has 0 saturated heterocycles. The van der Waals surface area contributed by atoms with Crippen LogP contribution < -0.4 is 11.1 Å². The van der Waals surface area contributed by atoms with E-state index in [0.717, 1.165) is 0 Å². The van der Waals surface area contributed by atoms with Crippen molar-refractivity contribution in [3.8, 4) is 0 Å². The molecule has 0 aliphatic carbocycles. The molecule has 0 heterocycles. The van der Waals surface area contributed by atoms with E-state index in [1.807, 2.05) is 0 Å². The molecule has 0 aromatic heterocycles. The van der Waals surface area contributed by atoms with Crippen LogP contribution in [-0.4, -0.2) is 47.9 Å². The van der Waals surface area contributed by atoms with Gasteiger partial charge in [0, 0.05) is 13.5 Å². The number of carbonyl (C=O) groups excluding carboxylic acids is 2. The van der Waals surface area contributed by atoms with Crippen LogP contribution in [0.15, 0.2) is 0 Å². The van der Waals surface area contributed by atoms with Crippen LogP contribution in [-0.2, 0) is 19.1 Å². The second kappa shape index (κ2) is 8.76. The van der Waals surface area contributed by atoms with Gasteiger partial charge in [0.2, 0.25) is 6.29 Å². The summed E-state index contributed by atoms with van der Waals surface area (Å²) in [6.45, 7) is 6.11. The van der Waals surface area contributed by atoms with Crippen molar-refractivity contribution in [1.82, 2.24) is 5.32 Å². The van der Waals surface area contributed by atoms with Crippen molar-refractivity contribution < 1.29 is 37.7 Å². The van der Waals surface area contributed by atoms with Gasteiger partial charge in [-0.05, 0) is 33.6 Å². The summed E-state index contributed by atoms with van der Waals surface area (Å²) in [4.78, 5) is 33.8. The van der Waals surface area contributed by atoms with Crippen molar-refractivity contribution in [3.63, 3.8) is 0 Å².